The number of carbonyl (C=O) groups excluding carboxylic acids is 1. The fraction of sp³-hybridized carbons (Fsp3) is 0.409. The molecule has 1 saturated carbocycles. The summed E-state index contributed by atoms with van der Waals surface area (Å²) >= 11 is 0. The zero-order valence-corrected chi connectivity index (χ0v) is 16.5. The van der Waals surface area contributed by atoms with E-state index in [9.17, 15) is 13.6 Å². The number of nitrogens with zero attached hydrogens (tertiary/aromatic N) is 2. The maximum absolute atomic E-state index is 14.0. The van der Waals surface area contributed by atoms with E-state index in [1.807, 2.05) is 29.2 Å². The van der Waals surface area contributed by atoms with Gasteiger partial charge in [-0.05, 0) is 24.3 Å². The van der Waals surface area contributed by atoms with Crippen molar-refractivity contribution in [1.29, 1.82) is 0 Å². The van der Waals surface area contributed by atoms with E-state index in [0.717, 1.165) is 30.5 Å². The first-order chi connectivity index (χ1) is 14.6. The van der Waals surface area contributed by atoms with Crippen LogP contribution in [0.1, 0.15) is 0 Å². The third-order valence-corrected chi connectivity index (χ3v) is 6.25. The zero-order valence-electron chi connectivity index (χ0n) is 16.5. The molecule has 6 nitrogen and oxygen atoms in total. The molecule has 1 aliphatic carbocycles. The number of urea groups is 1. The maximum atomic E-state index is 14.0. The summed E-state index contributed by atoms with van der Waals surface area (Å²) in [6, 6.07) is 11.3. The molecule has 2 saturated heterocycles. The number of anilines is 3. The van der Waals surface area contributed by atoms with E-state index in [1.165, 1.54) is 12.1 Å². The number of fused-ring (bicyclic) bond motifs is 1. The highest BCUT2D eigenvalue weighted by Gasteiger charge is 2.56. The van der Waals surface area contributed by atoms with E-state index in [1.54, 1.807) is 0 Å². The normalized spacial score (nSPS) is 25.1. The molecule has 158 valence electrons. The monoisotopic (exact) mass is 414 g/mol. The van der Waals surface area contributed by atoms with Gasteiger partial charge in [-0.15, -0.1) is 0 Å². The van der Waals surface area contributed by atoms with E-state index in [4.69, 9.17) is 4.74 Å². The molecule has 2 unspecified atom stereocenters. The first-order valence-corrected chi connectivity index (χ1v) is 10.3. The Hall–Kier alpha value is -2.87. The first-order valence-electron chi connectivity index (χ1n) is 10.3. The van der Waals surface area contributed by atoms with Crippen LogP contribution in [0, 0.1) is 23.5 Å². The van der Waals surface area contributed by atoms with Gasteiger partial charge in [-0.1, -0.05) is 12.1 Å². The van der Waals surface area contributed by atoms with E-state index in [0.29, 0.717) is 32.0 Å². The van der Waals surface area contributed by atoms with Gasteiger partial charge in [-0.2, -0.15) is 0 Å². The molecule has 8 heteroatoms. The minimum absolute atomic E-state index is 0.0836. The highest BCUT2D eigenvalue weighted by Crippen LogP contribution is 2.47. The summed E-state index contributed by atoms with van der Waals surface area (Å²) in [5, 5.41) is 6.04. The molecular weight excluding hydrogens is 390 g/mol. The molecule has 3 fully saturated rings. The summed E-state index contributed by atoms with van der Waals surface area (Å²) in [7, 11) is 0. The van der Waals surface area contributed by atoms with Crippen LogP contribution >= 0.6 is 0 Å². The molecular formula is C22H24F2N4O2. The van der Waals surface area contributed by atoms with Crippen molar-refractivity contribution < 1.29 is 18.3 Å². The predicted molar refractivity (Wildman–Crippen MR) is 111 cm³/mol. The van der Waals surface area contributed by atoms with E-state index in [2.05, 4.69) is 15.5 Å². The number of piperidine rings is 1. The molecule has 0 spiro atoms. The number of ether oxygens (including phenoxy) is 1. The van der Waals surface area contributed by atoms with Crippen LogP contribution in [0.15, 0.2) is 42.5 Å². The van der Waals surface area contributed by atoms with Gasteiger partial charge in [-0.3, -0.25) is 0 Å². The van der Waals surface area contributed by atoms with Crippen molar-refractivity contribution in [2.75, 3.05) is 54.5 Å². The van der Waals surface area contributed by atoms with Crippen LogP contribution in [0.5, 0.6) is 0 Å². The Balaban J connectivity index is 1.17. The summed E-state index contributed by atoms with van der Waals surface area (Å²) < 4.78 is 32.6. The number of amides is 2. The molecule has 0 aromatic heterocycles. The Kier molecular flexibility index (Phi) is 4.94. The molecule has 2 aromatic rings. The van der Waals surface area contributed by atoms with Gasteiger partial charge in [0.2, 0.25) is 0 Å². The van der Waals surface area contributed by atoms with Crippen molar-refractivity contribution in [3.05, 3.63) is 54.1 Å². The van der Waals surface area contributed by atoms with Crippen molar-refractivity contribution in [3.63, 3.8) is 0 Å². The number of carbonyl (C=O) groups is 1. The highest BCUT2D eigenvalue weighted by molar-refractivity contribution is 5.93. The number of rotatable bonds is 4. The summed E-state index contributed by atoms with van der Waals surface area (Å²) in [6.07, 6.45) is 0. The second-order valence-electron chi connectivity index (χ2n) is 8.07. The van der Waals surface area contributed by atoms with Crippen LogP contribution in [0.3, 0.4) is 0 Å². The Labute approximate surface area is 173 Å². The van der Waals surface area contributed by atoms with Crippen molar-refractivity contribution in [1.82, 2.24) is 5.32 Å². The van der Waals surface area contributed by atoms with Crippen LogP contribution in [-0.2, 0) is 4.74 Å². The second-order valence-corrected chi connectivity index (χ2v) is 8.07. The Morgan fingerprint density at radius 1 is 0.967 bits per heavy atom. The standard InChI is InChI=1S/C22H24F2N4O2/c23-14-5-6-19(17(24)11-14)28-12-15-16(13-28)21(15)26-22(29)25-18-3-1-2-4-20(18)27-7-9-30-10-8-27/h1-6,11,15-16,21H,7-10,12-13H2,(H2,25,26,29). The molecule has 2 N–H and O–H groups in total. The number of hydrogen-bond donors (Lipinski definition) is 2. The highest BCUT2D eigenvalue weighted by atomic mass is 19.1. The summed E-state index contributed by atoms with van der Waals surface area (Å²) in [5.74, 6) is -0.545. The SMILES string of the molecule is O=C(Nc1ccccc1N1CCOCC1)NC1C2CN(c3ccc(F)cc3F)CC21. The molecule has 3 aliphatic rings. The zero-order chi connectivity index (χ0) is 20.7. The number of nitrogens with one attached hydrogen (secondary N) is 2. The van der Waals surface area contributed by atoms with Gasteiger partial charge in [0.25, 0.3) is 0 Å². The van der Waals surface area contributed by atoms with Crippen molar-refractivity contribution >= 4 is 23.1 Å². The summed E-state index contributed by atoms with van der Waals surface area (Å²) in [5.41, 5.74) is 2.19. The number of morpholine rings is 1. The van der Waals surface area contributed by atoms with E-state index >= 15 is 0 Å². The average Bonchev–Trinajstić information content (AvgIpc) is 3.17. The largest absolute Gasteiger partial charge is 0.378 e. The van der Waals surface area contributed by atoms with Gasteiger partial charge in [0.1, 0.15) is 11.6 Å². The third kappa shape index (κ3) is 3.67. The van der Waals surface area contributed by atoms with Crippen LogP contribution in [0.2, 0.25) is 0 Å². The number of hydrogen-bond acceptors (Lipinski definition) is 4. The fourth-order valence-corrected chi connectivity index (χ4v) is 4.64. The molecule has 2 heterocycles. The number of benzene rings is 2. The van der Waals surface area contributed by atoms with Gasteiger partial charge < -0.3 is 25.2 Å². The Bertz CT molecular complexity index is 938. The molecule has 2 aromatic carbocycles. The average molecular weight is 414 g/mol. The van der Waals surface area contributed by atoms with Gasteiger partial charge >= 0.3 is 6.03 Å². The lowest BCUT2D eigenvalue weighted by Gasteiger charge is -2.30. The van der Waals surface area contributed by atoms with Gasteiger partial charge in [0.15, 0.2) is 0 Å². The smallest absolute Gasteiger partial charge is 0.319 e. The predicted octanol–water partition coefficient (Wildman–Crippen LogP) is 3.06. The van der Waals surface area contributed by atoms with Crippen LogP contribution in [0.4, 0.5) is 30.6 Å². The number of halogens is 2. The Morgan fingerprint density at radius 3 is 2.43 bits per heavy atom. The van der Waals surface area contributed by atoms with Crippen LogP contribution in [-0.4, -0.2) is 51.5 Å². The van der Waals surface area contributed by atoms with Crippen molar-refractivity contribution in [2.24, 2.45) is 11.8 Å². The molecule has 5 rings (SSSR count). The molecule has 2 atom stereocenters. The van der Waals surface area contributed by atoms with Crippen molar-refractivity contribution in [2.45, 2.75) is 6.04 Å². The second kappa shape index (κ2) is 7.75. The minimum Gasteiger partial charge on any atom is -0.378 e. The summed E-state index contributed by atoms with van der Waals surface area (Å²) in [4.78, 5) is 16.7. The van der Waals surface area contributed by atoms with Gasteiger partial charge in [0, 0.05) is 50.1 Å². The molecule has 0 bridgehead atoms. The van der Waals surface area contributed by atoms with Gasteiger partial charge in [-0.25, -0.2) is 13.6 Å². The lowest BCUT2D eigenvalue weighted by molar-refractivity contribution is 0.123. The van der Waals surface area contributed by atoms with Crippen LogP contribution in [0.25, 0.3) is 0 Å². The van der Waals surface area contributed by atoms with Gasteiger partial charge in [0.05, 0.1) is 30.3 Å². The summed E-state index contributed by atoms with van der Waals surface area (Å²) in [6.45, 7) is 4.25. The van der Waals surface area contributed by atoms with Crippen molar-refractivity contribution in [3.8, 4) is 0 Å². The van der Waals surface area contributed by atoms with E-state index < -0.39 is 11.6 Å². The molecule has 2 amide bonds. The lowest BCUT2D eigenvalue weighted by atomic mass is 10.2. The number of para-hydroxylation sites is 2. The molecule has 30 heavy (non-hydrogen) atoms. The first kappa shape index (κ1) is 19.1. The Morgan fingerprint density at radius 2 is 1.70 bits per heavy atom. The molecule has 2 aliphatic heterocycles. The van der Waals surface area contributed by atoms with Crippen LogP contribution < -0.4 is 20.4 Å². The quantitative estimate of drug-likeness (QED) is 0.808. The maximum Gasteiger partial charge on any atom is 0.319 e. The minimum atomic E-state index is -0.575. The topological polar surface area (TPSA) is 56.8 Å². The lowest BCUT2D eigenvalue weighted by Crippen LogP contribution is -2.39. The van der Waals surface area contributed by atoms with E-state index in [-0.39, 0.29) is 23.9 Å². The fourth-order valence-electron chi connectivity index (χ4n) is 4.64. The molecule has 0 radical (unpaired) electrons. The third-order valence-electron chi connectivity index (χ3n) is 6.25.